The first kappa shape index (κ1) is 53.7. The molecule has 0 bridgehead atoms. The van der Waals surface area contributed by atoms with Crippen LogP contribution < -0.4 is 5.32 Å². The number of allylic oxidation sites excluding steroid dienone is 1. The molecule has 0 fully saturated rings. The summed E-state index contributed by atoms with van der Waals surface area (Å²) in [6.45, 7) is 16.2. The number of hydrogen-bond acceptors (Lipinski definition) is 5. The Morgan fingerprint density at radius 1 is 0.564 bits per heavy atom. The number of carbonyl (C=O) groups is 1. The fourth-order valence-electron chi connectivity index (χ4n) is 7.30. The number of rotatable bonds is 43. The van der Waals surface area contributed by atoms with Gasteiger partial charge in [0.2, 0.25) is 0 Å². The summed E-state index contributed by atoms with van der Waals surface area (Å²) < 4.78 is 12.0. The highest BCUT2D eigenvalue weighted by Crippen LogP contribution is 2.19. The number of unbranched alkanes of at least 4 members (excludes halogenated alkanes) is 23. The predicted octanol–water partition coefficient (Wildman–Crippen LogP) is 14.1. The Bertz CT molecular complexity index is 838. The van der Waals surface area contributed by atoms with Crippen LogP contribution in [0.2, 0.25) is 0 Å². The van der Waals surface area contributed by atoms with Crippen LogP contribution in [-0.2, 0) is 14.3 Å². The zero-order chi connectivity index (χ0) is 40.5. The van der Waals surface area contributed by atoms with Crippen LogP contribution in [-0.4, -0.2) is 73.9 Å². The summed E-state index contributed by atoms with van der Waals surface area (Å²) >= 11 is 5.42. The summed E-state index contributed by atoms with van der Waals surface area (Å²) in [5.41, 5.74) is 0. The van der Waals surface area contributed by atoms with Gasteiger partial charge in [-0.05, 0) is 96.1 Å². The average Bonchev–Trinajstić information content (AvgIpc) is 3.17. The third-order valence-corrected chi connectivity index (χ3v) is 11.5. The van der Waals surface area contributed by atoms with Gasteiger partial charge in [0.05, 0.1) is 12.4 Å². The molecule has 0 heterocycles. The van der Waals surface area contributed by atoms with E-state index in [0.717, 1.165) is 82.1 Å². The third kappa shape index (κ3) is 39.3. The van der Waals surface area contributed by atoms with Crippen molar-refractivity contribution in [3.05, 3.63) is 12.3 Å². The highest BCUT2D eigenvalue weighted by Gasteiger charge is 2.14. The second-order valence-electron chi connectivity index (χ2n) is 16.7. The van der Waals surface area contributed by atoms with Gasteiger partial charge in [0.25, 0.3) is 0 Å². The molecule has 0 saturated heterocycles. The van der Waals surface area contributed by atoms with Crippen molar-refractivity contribution >= 4 is 23.3 Å². The summed E-state index contributed by atoms with van der Waals surface area (Å²) in [5.74, 6) is 1.02. The zero-order valence-electron chi connectivity index (χ0n) is 37.7. The van der Waals surface area contributed by atoms with Crippen molar-refractivity contribution in [1.82, 2.24) is 15.1 Å². The summed E-state index contributed by atoms with van der Waals surface area (Å²) in [7, 11) is 3.99. The van der Waals surface area contributed by atoms with Crippen LogP contribution in [0.15, 0.2) is 12.3 Å². The first-order valence-electron chi connectivity index (χ1n) is 24.0. The fraction of sp³-hybridized carbons (Fsp3) is 0.917. The van der Waals surface area contributed by atoms with Crippen LogP contribution in [0.1, 0.15) is 233 Å². The number of hydrogen-bond donors (Lipinski definition) is 1. The minimum absolute atomic E-state index is 0.0391. The van der Waals surface area contributed by atoms with E-state index in [1.807, 2.05) is 19.0 Å². The van der Waals surface area contributed by atoms with E-state index in [0.29, 0.717) is 6.42 Å². The summed E-state index contributed by atoms with van der Waals surface area (Å²) in [6.07, 6.45) is 40.3. The molecule has 0 aromatic heterocycles. The van der Waals surface area contributed by atoms with Gasteiger partial charge in [-0.3, -0.25) is 4.79 Å². The minimum Gasteiger partial charge on any atom is -0.499 e. The van der Waals surface area contributed by atoms with Crippen LogP contribution in [0.5, 0.6) is 0 Å². The molecule has 6 nitrogen and oxygen atoms in total. The Balaban J connectivity index is 4.36. The van der Waals surface area contributed by atoms with Crippen molar-refractivity contribution in [1.29, 1.82) is 0 Å². The molecule has 0 aromatic carbocycles. The summed E-state index contributed by atoms with van der Waals surface area (Å²) in [4.78, 5) is 17.5. The number of nitrogens with one attached hydrogen (secondary N) is 1. The highest BCUT2D eigenvalue weighted by atomic mass is 32.1. The van der Waals surface area contributed by atoms with E-state index in [9.17, 15) is 4.79 Å². The summed E-state index contributed by atoms with van der Waals surface area (Å²) in [5, 5.41) is 4.20. The van der Waals surface area contributed by atoms with Gasteiger partial charge >= 0.3 is 5.97 Å². The van der Waals surface area contributed by atoms with Gasteiger partial charge in [0.15, 0.2) is 5.11 Å². The predicted molar refractivity (Wildman–Crippen MR) is 245 cm³/mol. The van der Waals surface area contributed by atoms with E-state index in [1.165, 1.54) is 167 Å². The van der Waals surface area contributed by atoms with E-state index in [-0.39, 0.29) is 12.1 Å². The third-order valence-electron chi connectivity index (χ3n) is 11.0. The van der Waals surface area contributed by atoms with E-state index >= 15 is 0 Å². The lowest BCUT2D eigenvalue weighted by molar-refractivity contribution is -0.150. The molecule has 0 aliphatic heterocycles. The molecule has 0 aromatic rings. The summed E-state index contributed by atoms with van der Waals surface area (Å²) in [6, 6.07) is 0. The molecule has 326 valence electrons. The molecule has 0 rings (SSSR count). The van der Waals surface area contributed by atoms with Gasteiger partial charge in [0, 0.05) is 33.5 Å². The van der Waals surface area contributed by atoms with E-state index in [1.54, 1.807) is 0 Å². The number of thiocarbonyl (C=S) groups is 1. The second kappa shape index (κ2) is 42.3. The minimum atomic E-state index is 0.0391. The van der Waals surface area contributed by atoms with Crippen LogP contribution in [0, 0.1) is 0 Å². The standard InChI is InChI=1S/C48H95N3O3S/c1-7-10-13-16-22-29-37-46(38-30-23-17-14-11-8-2)54-47(52)39-31-24-20-26-33-42-51(43-35-40-49-48(55)50(5)6)41-32-25-19-21-28-36-45(4)53-44-34-27-18-15-12-9-3/h46H,4,7-44H2,1-3,5-6H3,(H,49,55). The van der Waals surface area contributed by atoms with Crippen molar-refractivity contribution < 1.29 is 14.3 Å². The maximum Gasteiger partial charge on any atom is 0.306 e. The lowest BCUT2D eigenvalue weighted by Crippen LogP contribution is -2.36. The Kier molecular flexibility index (Phi) is 41.2. The van der Waals surface area contributed by atoms with Gasteiger partial charge in [-0.2, -0.15) is 0 Å². The smallest absolute Gasteiger partial charge is 0.306 e. The van der Waals surface area contributed by atoms with E-state index in [2.05, 4.69) is 37.6 Å². The van der Waals surface area contributed by atoms with Gasteiger partial charge in [-0.25, -0.2) is 0 Å². The van der Waals surface area contributed by atoms with E-state index in [4.69, 9.17) is 21.7 Å². The fourth-order valence-corrected chi connectivity index (χ4v) is 7.40. The van der Waals surface area contributed by atoms with Crippen molar-refractivity contribution in [2.75, 3.05) is 46.9 Å². The van der Waals surface area contributed by atoms with Crippen LogP contribution in [0.4, 0.5) is 0 Å². The van der Waals surface area contributed by atoms with Crippen molar-refractivity contribution in [2.45, 2.75) is 239 Å². The molecular weight excluding hydrogens is 699 g/mol. The number of carbonyl (C=O) groups excluding carboxylic acids is 1. The molecule has 0 radical (unpaired) electrons. The van der Waals surface area contributed by atoms with Crippen molar-refractivity contribution in [3.8, 4) is 0 Å². The van der Waals surface area contributed by atoms with Gasteiger partial charge in [-0.1, -0.05) is 162 Å². The maximum atomic E-state index is 12.8. The SMILES string of the molecule is C=C(CCCCCCCN(CCCCCCCC(=O)OC(CCCCCCCC)CCCCCCCC)CCCNC(=S)N(C)C)OCCCCCCCC. The molecule has 0 spiro atoms. The van der Waals surface area contributed by atoms with Gasteiger partial charge in [-0.15, -0.1) is 0 Å². The molecular formula is C48H95N3O3S. The zero-order valence-corrected chi connectivity index (χ0v) is 38.5. The lowest BCUT2D eigenvalue weighted by Gasteiger charge is -2.23. The highest BCUT2D eigenvalue weighted by molar-refractivity contribution is 7.80. The first-order valence-corrected chi connectivity index (χ1v) is 24.4. The number of esters is 1. The topological polar surface area (TPSA) is 54.0 Å². The second-order valence-corrected chi connectivity index (χ2v) is 17.1. The van der Waals surface area contributed by atoms with Crippen LogP contribution in [0.25, 0.3) is 0 Å². The van der Waals surface area contributed by atoms with Crippen LogP contribution >= 0.6 is 12.2 Å². The van der Waals surface area contributed by atoms with Crippen molar-refractivity contribution in [3.63, 3.8) is 0 Å². The average molecular weight is 794 g/mol. The van der Waals surface area contributed by atoms with E-state index < -0.39 is 0 Å². The largest absolute Gasteiger partial charge is 0.499 e. The monoisotopic (exact) mass is 794 g/mol. The first-order chi connectivity index (χ1) is 26.8. The molecule has 0 saturated carbocycles. The Morgan fingerprint density at radius 2 is 0.982 bits per heavy atom. The number of nitrogens with zero attached hydrogens (tertiary/aromatic N) is 2. The number of ether oxygens (including phenoxy) is 2. The quantitative estimate of drug-likeness (QED) is 0.0286. The van der Waals surface area contributed by atoms with Gasteiger partial charge < -0.3 is 24.6 Å². The molecule has 55 heavy (non-hydrogen) atoms. The van der Waals surface area contributed by atoms with Crippen LogP contribution in [0.3, 0.4) is 0 Å². The molecule has 0 aliphatic rings. The Labute approximate surface area is 349 Å². The molecule has 0 atom stereocenters. The molecule has 0 unspecified atom stereocenters. The van der Waals surface area contributed by atoms with Crippen molar-refractivity contribution in [2.24, 2.45) is 0 Å². The molecule has 1 N–H and O–H groups in total. The maximum absolute atomic E-state index is 12.8. The Morgan fingerprint density at radius 3 is 1.49 bits per heavy atom. The molecule has 7 heteroatoms. The molecule has 0 amide bonds. The normalized spacial score (nSPS) is 11.4. The van der Waals surface area contributed by atoms with Gasteiger partial charge in [0.1, 0.15) is 6.10 Å². The molecule has 0 aliphatic carbocycles. The lowest BCUT2D eigenvalue weighted by atomic mass is 10.0. The Hall–Kier alpha value is -1.34.